The molecule has 1 N–H and O–H groups in total. The van der Waals surface area contributed by atoms with Gasteiger partial charge in [-0.25, -0.2) is 9.50 Å². The minimum atomic E-state index is 0.144. The number of amides is 2. The first kappa shape index (κ1) is 23.6. The van der Waals surface area contributed by atoms with Crippen molar-refractivity contribution in [2.24, 2.45) is 0 Å². The highest BCUT2D eigenvalue weighted by Crippen LogP contribution is 2.21. The zero-order chi connectivity index (χ0) is 23.2. The second kappa shape index (κ2) is 11.0. The molecule has 1 atom stereocenters. The number of aryl methyl sites for hydroxylation is 2. The zero-order valence-electron chi connectivity index (χ0n) is 20.1. The molecule has 0 radical (unpaired) electrons. The molecule has 0 aliphatic carbocycles. The minimum Gasteiger partial charge on any atom is -0.356 e. The highest BCUT2D eigenvalue weighted by molar-refractivity contribution is 5.77. The van der Waals surface area contributed by atoms with Crippen LogP contribution in [0.3, 0.4) is 0 Å². The molecule has 9 nitrogen and oxygen atoms in total. The van der Waals surface area contributed by atoms with Gasteiger partial charge in [0.2, 0.25) is 11.8 Å². The van der Waals surface area contributed by atoms with Gasteiger partial charge in [0.05, 0.1) is 0 Å². The summed E-state index contributed by atoms with van der Waals surface area (Å²) in [4.78, 5) is 38.8. The summed E-state index contributed by atoms with van der Waals surface area (Å²) in [5, 5.41) is 7.32. The fourth-order valence-electron chi connectivity index (χ4n) is 5.26. The van der Waals surface area contributed by atoms with Crippen molar-refractivity contribution < 1.29 is 9.59 Å². The van der Waals surface area contributed by atoms with Crippen molar-refractivity contribution in [1.29, 1.82) is 0 Å². The van der Waals surface area contributed by atoms with Gasteiger partial charge in [-0.15, -0.1) is 0 Å². The summed E-state index contributed by atoms with van der Waals surface area (Å²) in [6, 6.07) is 0.375. The van der Waals surface area contributed by atoms with Crippen LogP contribution in [0.1, 0.15) is 68.3 Å². The molecule has 2 aromatic heterocycles. The molecule has 0 bridgehead atoms. The van der Waals surface area contributed by atoms with Crippen LogP contribution >= 0.6 is 0 Å². The highest BCUT2D eigenvalue weighted by atomic mass is 16.2. The Balaban J connectivity index is 1.37. The van der Waals surface area contributed by atoms with Gasteiger partial charge in [-0.05, 0) is 71.0 Å². The number of rotatable bonds is 3. The number of aromatic nitrogens is 4. The molecule has 4 rings (SSSR count). The van der Waals surface area contributed by atoms with Gasteiger partial charge in [0.15, 0.2) is 0 Å². The van der Waals surface area contributed by atoms with Gasteiger partial charge in [-0.1, -0.05) is 6.42 Å². The third kappa shape index (κ3) is 5.88. The standard InChI is InChI=1S/C24H37N7O2/c1-18-21(19(2)31-24(28-18)26-17-27-31)9-10-23(33)30-14-6-5-13-29-12-4-3-8-20(29)16-22(32)25-11-7-15-30/h17,20H,3-16H2,1-2H3,(H,25,32). The molecule has 0 spiro atoms. The normalized spacial score (nSPS) is 21.6. The fraction of sp³-hybridized carbons (Fsp3) is 0.708. The molecule has 4 heterocycles. The highest BCUT2D eigenvalue weighted by Gasteiger charge is 2.25. The van der Waals surface area contributed by atoms with Crippen molar-refractivity contribution in [1.82, 2.24) is 34.7 Å². The number of piperidine rings is 1. The summed E-state index contributed by atoms with van der Waals surface area (Å²) in [5.74, 6) is 0.910. The fourth-order valence-corrected chi connectivity index (χ4v) is 5.26. The molecule has 2 saturated heterocycles. The number of nitrogens with one attached hydrogen (secondary N) is 1. The first-order chi connectivity index (χ1) is 16.0. The molecular formula is C24H37N7O2. The average Bonchev–Trinajstić information content (AvgIpc) is 3.27. The SMILES string of the molecule is Cc1nc2ncnn2c(C)c1CCC(=O)N1CCCCN2CCCCC2CC(=O)NCCC1. The molecule has 0 aromatic carbocycles. The van der Waals surface area contributed by atoms with Crippen molar-refractivity contribution >= 4 is 17.6 Å². The Hall–Kier alpha value is -2.55. The van der Waals surface area contributed by atoms with E-state index in [2.05, 4.69) is 25.3 Å². The molecule has 2 amide bonds. The van der Waals surface area contributed by atoms with Crippen LogP contribution in [0, 0.1) is 13.8 Å². The van der Waals surface area contributed by atoms with Gasteiger partial charge in [-0.3, -0.25) is 14.5 Å². The first-order valence-electron chi connectivity index (χ1n) is 12.5. The molecule has 9 heteroatoms. The molecule has 2 fully saturated rings. The average molecular weight is 456 g/mol. The van der Waals surface area contributed by atoms with E-state index in [-0.39, 0.29) is 11.8 Å². The number of hydrogen-bond acceptors (Lipinski definition) is 6. The quantitative estimate of drug-likeness (QED) is 0.761. The van der Waals surface area contributed by atoms with E-state index in [1.165, 1.54) is 19.2 Å². The number of carbonyl (C=O) groups excluding carboxylic acids is 2. The third-order valence-electron chi connectivity index (χ3n) is 7.15. The minimum absolute atomic E-state index is 0.144. The van der Waals surface area contributed by atoms with Crippen molar-refractivity contribution in [2.75, 3.05) is 32.7 Å². The first-order valence-corrected chi connectivity index (χ1v) is 12.5. The summed E-state index contributed by atoms with van der Waals surface area (Å²) >= 11 is 0. The monoisotopic (exact) mass is 455 g/mol. The Morgan fingerprint density at radius 2 is 1.85 bits per heavy atom. The van der Waals surface area contributed by atoms with Crippen molar-refractivity contribution in [3.05, 3.63) is 23.3 Å². The van der Waals surface area contributed by atoms with Gasteiger partial charge in [-0.2, -0.15) is 10.1 Å². The Morgan fingerprint density at radius 3 is 2.70 bits per heavy atom. The zero-order valence-corrected chi connectivity index (χ0v) is 20.1. The van der Waals surface area contributed by atoms with Gasteiger partial charge < -0.3 is 10.2 Å². The van der Waals surface area contributed by atoms with Gasteiger partial charge >= 0.3 is 0 Å². The van der Waals surface area contributed by atoms with Crippen LogP contribution in [0.2, 0.25) is 0 Å². The number of fused-ring (bicyclic) bond motifs is 2. The second-order valence-corrected chi connectivity index (χ2v) is 9.41. The molecule has 2 aliphatic rings. The topological polar surface area (TPSA) is 95.7 Å². The number of nitrogens with zero attached hydrogens (tertiary/aromatic N) is 6. The molecule has 180 valence electrons. The van der Waals surface area contributed by atoms with Gasteiger partial charge in [0, 0.05) is 49.9 Å². The van der Waals surface area contributed by atoms with Crippen LogP contribution in [-0.2, 0) is 16.0 Å². The molecule has 33 heavy (non-hydrogen) atoms. The van der Waals surface area contributed by atoms with E-state index in [4.69, 9.17) is 0 Å². The van der Waals surface area contributed by atoms with E-state index >= 15 is 0 Å². The van der Waals surface area contributed by atoms with E-state index in [1.807, 2.05) is 18.7 Å². The van der Waals surface area contributed by atoms with Crippen molar-refractivity contribution in [3.8, 4) is 0 Å². The third-order valence-corrected chi connectivity index (χ3v) is 7.15. The predicted octanol–water partition coefficient (Wildman–Crippen LogP) is 2.05. The van der Waals surface area contributed by atoms with Crippen molar-refractivity contribution in [3.63, 3.8) is 0 Å². The molecule has 0 saturated carbocycles. The van der Waals surface area contributed by atoms with Crippen LogP contribution in [0.25, 0.3) is 5.78 Å². The Kier molecular flexibility index (Phi) is 7.90. The van der Waals surface area contributed by atoms with Gasteiger partial charge in [0.25, 0.3) is 5.78 Å². The lowest BCUT2D eigenvalue weighted by Crippen LogP contribution is -2.43. The number of hydrogen-bond donors (Lipinski definition) is 1. The summed E-state index contributed by atoms with van der Waals surface area (Å²) in [6.45, 7) is 8.17. The summed E-state index contributed by atoms with van der Waals surface area (Å²) in [6.07, 6.45) is 9.60. The lowest BCUT2D eigenvalue weighted by Gasteiger charge is -2.35. The Morgan fingerprint density at radius 1 is 1.09 bits per heavy atom. The predicted molar refractivity (Wildman–Crippen MR) is 126 cm³/mol. The van der Waals surface area contributed by atoms with Gasteiger partial charge in [0.1, 0.15) is 6.33 Å². The van der Waals surface area contributed by atoms with E-state index < -0.39 is 0 Å². The van der Waals surface area contributed by atoms with Crippen LogP contribution in [0.5, 0.6) is 0 Å². The summed E-state index contributed by atoms with van der Waals surface area (Å²) < 4.78 is 1.74. The molecular weight excluding hydrogens is 418 g/mol. The summed E-state index contributed by atoms with van der Waals surface area (Å²) in [7, 11) is 0. The Labute approximate surface area is 195 Å². The van der Waals surface area contributed by atoms with E-state index in [0.29, 0.717) is 44.2 Å². The summed E-state index contributed by atoms with van der Waals surface area (Å²) in [5.41, 5.74) is 2.96. The van der Waals surface area contributed by atoms with Crippen molar-refractivity contribution in [2.45, 2.75) is 77.7 Å². The second-order valence-electron chi connectivity index (χ2n) is 9.41. The van der Waals surface area contributed by atoms with E-state index in [9.17, 15) is 9.59 Å². The maximum absolute atomic E-state index is 13.2. The Bertz CT molecular complexity index is 973. The van der Waals surface area contributed by atoms with E-state index in [1.54, 1.807) is 4.52 Å². The van der Waals surface area contributed by atoms with Crippen LogP contribution in [0.15, 0.2) is 6.33 Å². The van der Waals surface area contributed by atoms with Crippen LogP contribution in [0.4, 0.5) is 0 Å². The maximum Gasteiger partial charge on any atom is 0.252 e. The largest absolute Gasteiger partial charge is 0.356 e. The van der Waals surface area contributed by atoms with Crippen LogP contribution in [-0.4, -0.2) is 80.0 Å². The molecule has 2 aromatic rings. The lowest BCUT2D eigenvalue weighted by atomic mass is 9.98. The maximum atomic E-state index is 13.2. The molecule has 2 aliphatic heterocycles. The number of carbonyl (C=O) groups is 2. The van der Waals surface area contributed by atoms with E-state index in [0.717, 1.165) is 62.3 Å². The van der Waals surface area contributed by atoms with Crippen LogP contribution < -0.4 is 5.32 Å². The lowest BCUT2D eigenvalue weighted by molar-refractivity contribution is -0.131. The molecule has 1 unspecified atom stereocenters. The smallest absolute Gasteiger partial charge is 0.252 e.